The summed E-state index contributed by atoms with van der Waals surface area (Å²) < 4.78 is 5.62. The van der Waals surface area contributed by atoms with Crippen molar-refractivity contribution in [2.24, 2.45) is 5.41 Å². The van der Waals surface area contributed by atoms with E-state index in [9.17, 15) is 4.79 Å². The van der Waals surface area contributed by atoms with Crippen molar-refractivity contribution in [1.82, 2.24) is 10.6 Å². The van der Waals surface area contributed by atoms with Crippen molar-refractivity contribution in [3.63, 3.8) is 0 Å². The van der Waals surface area contributed by atoms with Crippen LogP contribution in [0, 0.1) is 5.41 Å². The number of carbonyl (C=O) groups excluding carboxylic acids is 1. The molecule has 2 N–H and O–H groups in total. The van der Waals surface area contributed by atoms with E-state index in [1.807, 2.05) is 6.92 Å². The van der Waals surface area contributed by atoms with Crippen LogP contribution >= 0.6 is 0 Å². The Morgan fingerprint density at radius 3 is 2.82 bits per heavy atom. The minimum atomic E-state index is 0.0319. The van der Waals surface area contributed by atoms with Gasteiger partial charge < -0.3 is 15.4 Å². The van der Waals surface area contributed by atoms with Gasteiger partial charge >= 0.3 is 0 Å². The van der Waals surface area contributed by atoms with Gasteiger partial charge in [-0.2, -0.15) is 0 Å². The molecule has 98 valence electrons. The maximum Gasteiger partial charge on any atom is 0.234 e. The smallest absolute Gasteiger partial charge is 0.234 e. The number of hydrogen-bond acceptors (Lipinski definition) is 3. The van der Waals surface area contributed by atoms with Crippen LogP contribution in [0.15, 0.2) is 12.7 Å². The fourth-order valence-electron chi connectivity index (χ4n) is 2.15. The molecule has 4 heteroatoms. The highest BCUT2D eigenvalue weighted by Gasteiger charge is 2.49. The van der Waals surface area contributed by atoms with Crippen LogP contribution in [-0.4, -0.2) is 37.7 Å². The molecule has 0 aromatic heterocycles. The minimum absolute atomic E-state index is 0.0319. The Labute approximate surface area is 104 Å². The molecular weight excluding hydrogens is 216 g/mol. The third-order valence-electron chi connectivity index (χ3n) is 3.46. The van der Waals surface area contributed by atoms with Gasteiger partial charge in [-0.15, -0.1) is 6.58 Å². The lowest BCUT2D eigenvalue weighted by Crippen LogP contribution is -2.62. The fraction of sp³-hybridized carbons (Fsp3) is 0.769. The van der Waals surface area contributed by atoms with Crippen molar-refractivity contribution >= 4 is 5.91 Å². The molecule has 1 aliphatic carbocycles. The van der Waals surface area contributed by atoms with Gasteiger partial charge in [-0.3, -0.25) is 4.79 Å². The summed E-state index contributed by atoms with van der Waals surface area (Å²) in [6, 6.07) is 0.220. The lowest BCUT2D eigenvalue weighted by atomic mass is 9.64. The molecule has 0 aromatic carbocycles. The summed E-state index contributed by atoms with van der Waals surface area (Å²) in [7, 11) is 0. The standard InChI is InChI=1S/C13H24N2O2/c1-5-7-14-9-12(16)15-10-8-11(17-6-2)13(10,3)4/h5,10-11,14H,1,6-9H2,2-4H3,(H,15,16). The zero-order valence-corrected chi connectivity index (χ0v) is 11.1. The molecule has 2 atom stereocenters. The molecule has 0 heterocycles. The first-order chi connectivity index (χ1) is 8.02. The zero-order valence-electron chi connectivity index (χ0n) is 11.1. The molecular formula is C13H24N2O2. The minimum Gasteiger partial charge on any atom is -0.378 e. The molecule has 1 saturated carbocycles. The number of rotatable bonds is 7. The normalized spacial score (nSPS) is 26.1. The Bertz CT molecular complexity index is 277. The van der Waals surface area contributed by atoms with E-state index >= 15 is 0 Å². The molecule has 1 aliphatic rings. The number of hydrogen-bond donors (Lipinski definition) is 2. The molecule has 0 spiro atoms. The first-order valence-corrected chi connectivity index (χ1v) is 6.25. The van der Waals surface area contributed by atoms with E-state index in [1.165, 1.54) is 0 Å². The molecule has 0 radical (unpaired) electrons. The number of ether oxygens (including phenoxy) is 1. The largest absolute Gasteiger partial charge is 0.378 e. The third-order valence-corrected chi connectivity index (χ3v) is 3.46. The van der Waals surface area contributed by atoms with Gasteiger partial charge in [-0.25, -0.2) is 0 Å². The van der Waals surface area contributed by atoms with Gasteiger partial charge in [-0.05, 0) is 13.3 Å². The Morgan fingerprint density at radius 2 is 2.29 bits per heavy atom. The summed E-state index contributed by atoms with van der Waals surface area (Å²) in [4.78, 5) is 11.6. The van der Waals surface area contributed by atoms with Crippen molar-refractivity contribution in [2.45, 2.75) is 39.3 Å². The second kappa shape index (κ2) is 6.17. The summed E-state index contributed by atoms with van der Waals surface area (Å²) in [5.74, 6) is 0.0415. The van der Waals surface area contributed by atoms with Crippen LogP contribution in [0.1, 0.15) is 27.2 Å². The van der Waals surface area contributed by atoms with E-state index in [-0.39, 0.29) is 23.5 Å². The van der Waals surface area contributed by atoms with E-state index in [2.05, 4.69) is 31.1 Å². The average molecular weight is 240 g/mol. The summed E-state index contributed by atoms with van der Waals surface area (Å²) in [6.07, 6.45) is 2.92. The van der Waals surface area contributed by atoms with Crippen molar-refractivity contribution in [1.29, 1.82) is 0 Å². The second-order valence-corrected chi connectivity index (χ2v) is 5.04. The van der Waals surface area contributed by atoms with Gasteiger partial charge in [0.15, 0.2) is 0 Å². The first-order valence-electron chi connectivity index (χ1n) is 6.25. The Kier molecular flexibility index (Phi) is 5.15. The number of amides is 1. The van der Waals surface area contributed by atoms with Crippen LogP contribution in [-0.2, 0) is 9.53 Å². The highest BCUT2D eigenvalue weighted by atomic mass is 16.5. The molecule has 0 saturated heterocycles. The number of carbonyl (C=O) groups is 1. The molecule has 0 aromatic rings. The molecule has 17 heavy (non-hydrogen) atoms. The van der Waals surface area contributed by atoms with Crippen LogP contribution in [0.25, 0.3) is 0 Å². The molecule has 1 rings (SSSR count). The molecule has 1 amide bonds. The molecule has 0 aliphatic heterocycles. The van der Waals surface area contributed by atoms with E-state index in [4.69, 9.17) is 4.74 Å². The van der Waals surface area contributed by atoms with Gasteiger partial charge in [-0.1, -0.05) is 19.9 Å². The molecule has 4 nitrogen and oxygen atoms in total. The van der Waals surface area contributed by atoms with Crippen LogP contribution < -0.4 is 10.6 Å². The maximum absolute atomic E-state index is 11.6. The summed E-state index contributed by atoms with van der Waals surface area (Å²) in [6.45, 7) is 11.6. The third kappa shape index (κ3) is 3.54. The van der Waals surface area contributed by atoms with Crippen molar-refractivity contribution in [3.8, 4) is 0 Å². The summed E-state index contributed by atoms with van der Waals surface area (Å²) >= 11 is 0. The summed E-state index contributed by atoms with van der Waals surface area (Å²) in [5.41, 5.74) is 0.0319. The van der Waals surface area contributed by atoms with E-state index in [1.54, 1.807) is 6.08 Å². The Morgan fingerprint density at radius 1 is 1.59 bits per heavy atom. The summed E-state index contributed by atoms with van der Waals surface area (Å²) in [5, 5.41) is 6.03. The van der Waals surface area contributed by atoms with Crippen molar-refractivity contribution < 1.29 is 9.53 Å². The second-order valence-electron chi connectivity index (χ2n) is 5.04. The average Bonchev–Trinajstić information content (AvgIpc) is 2.28. The van der Waals surface area contributed by atoms with E-state index in [0.29, 0.717) is 13.1 Å². The first kappa shape index (κ1) is 14.2. The van der Waals surface area contributed by atoms with Gasteiger partial charge in [0.1, 0.15) is 0 Å². The van der Waals surface area contributed by atoms with Crippen LogP contribution in [0.2, 0.25) is 0 Å². The van der Waals surface area contributed by atoms with Gasteiger partial charge in [0.25, 0.3) is 0 Å². The highest BCUT2D eigenvalue weighted by Crippen LogP contribution is 2.42. The van der Waals surface area contributed by atoms with E-state index in [0.717, 1.165) is 13.0 Å². The fourth-order valence-corrected chi connectivity index (χ4v) is 2.15. The van der Waals surface area contributed by atoms with Crippen LogP contribution in [0.3, 0.4) is 0 Å². The van der Waals surface area contributed by atoms with E-state index < -0.39 is 0 Å². The predicted octanol–water partition coefficient (Wildman–Crippen LogP) is 1.08. The lowest BCUT2D eigenvalue weighted by Gasteiger charge is -2.51. The van der Waals surface area contributed by atoms with Gasteiger partial charge in [0.2, 0.25) is 5.91 Å². The lowest BCUT2D eigenvalue weighted by molar-refractivity contribution is -0.135. The van der Waals surface area contributed by atoms with Crippen molar-refractivity contribution in [2.75, 3.05) is 19.7 Å². The SMILES string of the molecule is C=CCNCC(=O)NC1CC(OCC)C1(C)C. The monoisotopic (exact) mass is 240 g/mol. The quantitative estimate of drug-likeness (QED) is 0.517. The highest BCUT2D eigenvalue weighted by molar-refractivity contribution is 5.78. The number of nitrogens with one attached hydrogen (secondary N) is 2. The topological polar surface area (TPSA) is 50.4 Å². The molecule has 1 fully saturated rings. The Balaban J connectivity index is 2.29. The van der Waals surface area contributed by atoms with Crippen LogP contribution in [0.4, 0.5) is 0 Å². The van der Waals surface area contributed by atoms with Gasteiger partial charge in [0.05, 0.1) is 12.6 Å². The molecule has 2 unspecified atom stereocenters. The van der Waals surface area contributed by atoms with Crippen molar-refractivity contribution in [3.05, 3.63) is 12.7 Å². The Hall–Kier alpha value is -0.870. The molecule has 0 bridgehead atoms. The zero-order chi connectivity index (χ0) is 12.9. The van der Waals surface area contributed by atoms with Crippen LogP contribution in [0.5, 0.6) is 0 Å². The maximum atomic E-state index is 11.6. The van der Waals surface area contributed by atoms with Gasteiger partial charge in [0, 0.05) is 24.6 Å². The predicted molar refractivity (Wildman–Crippen MR) is 68.8 cm³/mol.